The smallest absolute Gasteiger partial charge is 0.250 e. The summed E-state index contributed by atoms with van der Waals surface area (Å²) in [6.07, 6.45) is 2.96. The van der Waals surface area contributed by atoms with Crippen molar-refractivity contribution < 1.29 is 4.79 Å². The first-order valence-electron chi connectivity index (χ1n) is 7.37. The lowest BCUT2D eigenvalue weighted by molar-refractivity contribution is -0.115. The first kappa shape index (κ1) is 19.2. The Hall–Kier alpha value is -2.08. The van der Waals surface area contributed by atoms with Crippen molar-refractivity contribution in [2.75, 3.05) is 24.3 Å². The number of anilines is 2. The van der Waals surface area contributed by atoms with Crippen LogP contribution in [0.4, 0.5) is 11.4 Å². The number of halogens is 2. The third kappa shape index (κ3) is 6.05. The van der Waals surface area contributed by atoms with Crippen molar-refractivity contribution in [1.82, 2.24) is 5.32 Å². The standard InChI is InChI=1S/C18H17Cl2N3OS/c1-23(2)15-8-6-14(7-9-15)21-18(25)22-17(24)10-4-12-3-5-13(19)11-16(12)20/h3-11H,1-2H3,(H2,21,22,24,25). The minimum absolute atomic E-state index is 0.217. The molecule has 0 bridgehead atoms. The van der Waals surface area contributed by atoms with Gasteiger partial charge in [-0.25, -0.2) is 0 Å². The number of nitrogens with zero attached hydrogens (tertiary/aromatic N) is 1. The molecule has 7 heteroatoms. The number of hydrogen-bond donors (Lipinski definition) is 2. The maximum absolute atomic E-state index is 11.9. The van der Waals surface area contributed by atoms with E-state index in [9.17, 15) is 4.79 Å². The quantitative estimate of drug-likeness (QED) is 0.588. The zero-order chi connectivity index (χ0) is 18.4. The Kier molecular flexibility index (Phi) is 6.82. The van der Waals surface area contributed by atoms with Gasteiger partial charge < -0.3 is 10.2 Å². The van der Waals surface area contributed by atoms with Crippen molar-refractivity contribution >= 4 is 63.9 Å². The number of rotatable bonds is 4. The second kappa shape index (κ2) is 8.85. The highest BCUT2D eigenvalue weighted by Gasteiger charge is 2.03. The van der Waals surface area contributed by atoms with Crippen molar-refractivity contribution in [3.05, 3.63) is 64.1 Å². The van der Waals surface area contributed by atoms with Crippen LogP contribution in [0.2, 0.25) is 10.0 Å². The van der Waals surface area contributed by atoms with Crippen molar-refractivity contribution in [2.45, 2.75) is 0 Å². The highest BCUT2D eigenvalue weighted by atomic mass is 35.5. The Balaban J connectivity index is 1.91. The van der Waals surface area contributed by atoms with Gasteiger partial charge in [-0.2, -0.15) is 0 Å². The number of carbonyl (C=O) groups excluding carboxylic acids is 1. The van der Waals surface area contributed by atoms with Crippen molar-refractivity contribution in [3.8, 4) is 0 Å². The average molecular weight is 394 g/mol. The Labute approximate surface area is 162 Å². The van der Waals surface area contributed by atoms with E-state index in [0.29, 0.717) is 15.6 Å². The molecule has 130 valence electrons. The summed E-state index contributed by atoms with van der Waals surface area (Å²) in [6, 6.07) is 12.7. The number of amides is 1. The zero-order valence-electron chi connectivity index (χ0n) is 13.7. The van der Waals surface area contributed by atoms with Crippen molar-refractivity contribution in [2.24, 2.45) is 0 Å². The van der Waals surface area contributed by atoms with Gasteiger partial charge in [0.05, 0.1) is 0 Å². The molecule has 0 aliphatic rings. The third-order valence-electron chi connectivity index (χ3n) is 3.26. The van der Waals surface area contributed by atoms with E-state index in [-0.39, 0.29) is 11.0 Å². The summed E-state index contributed by atoms with van der Waals surface area (Å²) in [5, 5.41) is 6.77. The normalized spacial score (nSPS) is 10.6. The molecular weight excluding hydrogens is 377 g/mol. The number of nitrogens with one attached hydrogen (secondary N) is 2. The SMILES string of the molecule is CN(C)c1ccc(NC(=S)NC(=O)C=Cc2ccc(Cl)cc2Cl)cc1. The molecule has 2 aromatic carbocycles. The molecule has 0 spiro atoms. The van der Waals surface area contributed by atoms with Gasteiger partial charge in [0.25, 0.3) is 0 Å². The molecule has 2 aromatic rings. The van der Waals surface area contributed by atoms with Gasteiger partial charge in [0, 0.05) is 41.6 Å². The molecule has 2 rings (SSSR count). The summed E-state index contributed by atoms with van der Waals surface area (Å²) in [5.41, 5.74) is 2.56. The first-order valence-corrected chi connectivity index (χ1v) is 8.54. The number of hydrogen-bond acceptors (Lipinski definition) is 3. The van der Waals surface area contributed by atoms with E-state index in [4.69, 9.17) is 35.4 Å². The van der Waals surface area contributed by atoms with Crippen LogP contribution in [-0.2, 0) is 4.79 Å². The monoisotopic (exact) mass is 393 g/mol. The minimum Gasteiger partial charge on any atom is -0.378 e. The van der Waals surface area contributed by atoms with Crippen LogP contribution < -0.4 is 15.5 Å². The van der Waals surface area contributed by atoms with Crippen molar-refractivity contribution in [3.63, 3.8) is 0 Å². The van der Waals surface area contributed by atoms with Gasteiger partial charge >= 0.3 is 0 Å². The van der Waals surface area contributed by atoms with Crippen LogP contribution in [0.5, 0.6) is 0 Å². The second-order valence-electron chi connectivity index (χ2n) is 5.38. The fourth-order valence-electron chi connectivity index (χ4n) is 1.96. The molecular formula is C18H17Cl2N3OS. The maximum Gasteiger partial charge on any atom is 0.250 e. The summed E-state index contributed by atoms with van der Waals surface area (Å²) in [5.74, 6) is -0.353. The fourth-order valence-corrected chi connectivity index (χ4v) is 2.65. The lowest BCUT2D eigenvalue weighted by atomic mass is 10.2. The van der Waals surface area contributed by atoms with E-state index in [1.165, 1.54) is 6.08 Å². The molecule has 1 amide bonds. The van der Waals surface area contributed by atoms with Crippen LogP contribution >= 0.6 is 35.4 Å². The van der Waals surface area contributed by atoms with Gasteiger partial charge in [-0.05, 0) is 60.3 Å². The summed E-state index contributed by atoms with van der Waals surface area (Å²) in [4.78, 5) is 13.9. The van der Waals surface area contributed by atoms with E-state index < -0.39 is 0 Å². The van der Waals surface area contributed by atoms with E-state index in [0.717, 1.165) is 11.4 Å². The van der Waals surface area contributed by atoms with Gasteiger partial charge in [0.2, 0.25) is 5.91 Å². The molecule has 0 atom stereocenters. The Bertz CT molecular complexity index is 804. The zero-order valence-corrected chi connectivity index (χ0v) is 16.0. The van der Waals surface area contributed by atoms with E-state index in [1.54, 1.807) is 24.3 Å². The fraction of sp³-hybridized carbons (Fsp3) is 0.111. The van der Waals surface area contributed by atoms with E-state index in [2.05, 4.69) is 10.6 Å². The van der Waals surface area contributed by atoms with Gasteiger partial charge in [-0.1, -0.05) is 29.3 Å². The number of thiocarbonyl (C=S) groups is 1. The molecule has 0 aliphatic heterocycles. The van der Waals surface area contributed by atoms with Crippen LogP contribution in [0, 0.1) is 0 Å². The lowest BCUT2D eigenvalue weighted by Gasteiger charge is -2.13. The Morgan fingerprint density at radius 2 is 1.80 bits per heavy atom. The van der Waals surface area contributed by atoms with Crippen LogP contribution in [0.15, 0.2) is 48.5 Å². The average Bonchev–Trinajstić information content (AvgIpc) is 2.54. The highest BCUT2D eigenvalue weighted by molar-refractivity contribution is 7.80. The molecule has 4 nitrogen and oxygen atoms in total. The molecule has 2 N–H and O–H groups in total. The van der Waals surface area contributed by atoms with Gasteiger partial charge in [0.1, 0.15) is 0 Å². The van der Waals surface area contributed by atoms with Crippen LogP contribution in [0.3, 0.4) is 0 Å². The number of carbonyl (C=O) groups is 1. The molecule has 25 heavy (non-hydrogen) atoms. The summed E-state index contributed by atoms with van der Waals surface area (Å²) in [7, 11) is 3.93. The van der Waals surface area contributed by atoms with Crippen LogP contribution in [-0.4, -0.2) is 25.1 Å². The van der Waals surface area contributed by atoms with E-state index >= 15 is 0 Å². The molecule has 0 radical (unpaired) electrons. The molecule has 0 saturated heterocycles. The summed E-state index contributed by atoms with van der Waals surface area (Å²) < 4.78 is 0. The minimum atomic E-state index is -0.353. The van der Waals surface area contributed by atoms with Crippen LogP contribution in [0.1, 0.15) is 5.56 Å². The predicted molar refractivity (Wildman–Crippen MR) is 111 cm³/mol. The molecule has 0 unspecified atom stereocenters. The Morgan fingerprint density at radius 3 is 2.40 bits per heavy atom. The summed E-state index contributed by atoms with van der Waals surface area (Å²) >= 11 is 17.0. The Morgan fingerprint density at radius 1 is 1.12 bits per heavy atom. The highest BCUT2D eigenvalue weighted by Crippen LogP contribution is 2.22. The topological polar surface area (TPSA) is 44.4 Å². The van der Waals surface area contributed by atoms with Gasteiger partial charge in [-0.3, -0.25) is 10.1 Å². The molecule has 0 heterocycles. The van der Waals surface area contributed by atoms with Crippen LogP contribution in [0.25, 0.3) is 6.08 Å². The second-order valence-corrected chi connectivity index (χ2v) is 6.64. The molecule has 0 aromatic heterocycles. The van der Waals surface area contributed by atoms with Gasteiger partial charge in [-0.15, -0.1) is 0 Å². The van der Waals surface area contributed by atoms with Crippen molar-refractivity contribution in [1.29, 1.82) is 0 Å². The largest absolute Gasteiger partial charge is 0.378 e. The lowest BCUT2D eigenvalue weighted by Crippen LogP contribution is -2.32. The van der Waals surface area contributed by atoms with Gasteiger partial charge in [0.15, 0.2) is 5.11 Å². The third-order valence-corrected chi connectivity index (χ3v) is 4.02. The molecule has 0 aliphatic carbocycles. The first-order chi connectivity index (χ1) is 11.8. The predicted octanol–water partition coefficient (Wildman–Crippen LogP) is 4.59. The number of benzene rings is 2. The molecule has 0 fully saturated rings. The van der Waals surface area contributed by atoms with E-state index in [1.807, 2.05) is 43.3 Å². The maximum atomic E-state index is 11.9. The molecule has 0 saturated carbocycles. The summed E-state index contributed by atoms with van der Waals surface area (Å²) in [6.45, 7) is 0.